The number of benzene rings is 1. The Labute approximate surface area is 139 Å². The molecule has 2 rings (SSSR count). The van der Waals surface area contributed by atoms with Crippen LogP contribution in [0.3, 0.4) is 0 Å². The van der Waals surface area contributed by atoms with Gasteiger partial charge in [0.2, 0.25) is 0 Å². The van der Waals surface area contributed by atoms with E-state index < -0.39 is 0 Å². The lowest BCUT2D eigenvalue weighted by molar-refractivity contribution is -0.125. The van der Waals surface area contributed by atoms with Crippen molar-refractivity contribution in [1.82, 2.24) is 5.32 Å². The van der Waals surface area contributed by atoms with Crippen LogP contribution in [0, 0.1) is 9.49 Å². The van der Waals surface area contributed by atoms with Crippen molar-refractivity contribution in [2.24, 2.45) is 11.7 Å². The van der Waals surface area contributed by atoms with Gasteiger partial charge in [-0.3, -0.25) is 4.79 Å². The third-order valence-corrected chi connectivity index (χ3v) is 4.23. The fraction of sp³-hybridized carbons (Fsp3) is 0.500. The number of nitrogens with two attached hydrogens (primary N) is 1. The topological polar surface area (TPSA) is 64.3 Å². The standard InChI is InChI=1S/C14H19IN2O2.ClH/c1-14(9-16,10-2-3-10)17-13(18)8-19-12-6-4-11(15)5-7-12;/h4-7,10H,2-3,8-9,16H2,1H3,(H,17,18);1H. The van der Waals surface area contributed by atoms with Crippen LogP contribution in [0.2, 0.25) is 0 Å². The van der Waals surface area contributed by atoms with Crippen molar-refractivity contribution in [3.05, 3.63) is 27.8 Å². The summed E-state index contributed by atoms with van der Waals surface area (Å²) in [6, 6.07) is 7.61. The third kappa shape index (κ3) is 4.79. The van der Waals surface area contributed by atoms with Crippen molar-refractivity contribution in [2.75, 3.05) is 13.2 Å². The summed E-state index contributed by atoms with van der Waals surface area (Å²) in [5, 5.41) is 3.00. The number of carbonyl (C=O) groups excluding carboxylic acids is 1. The summed E-state index contributed by atoms with van der Waals surface area (Å²) in [5.74, 6) is 1.11. The van der Waals surface area contributed by atoms with E-state index in [1.165, 1.54) is 0 Å². The fourth-order valence-electron chi connectivity index (χ4n) is 2.07. The van der Waals surface area contributed by atoms with Crippen molar-refractivity contribution < 1.29 is 9.53 Å². The van der Waals surface area contributed by atoms with Gasteiger partial charge in [0.05, 0.1) is 5.54 Å². The van der Waals surface area contributed by atoms with E-state index in [9.17, 15) is 4.79 Å². The number of hydrogen-bond acceptors (Lipinski definition) is 3. The van der Waals surface area contributed by atoms with Crippen LogP contribution in [0.15, 0.2) is 24.3 Å². The zero-order valence-corrected chi connectivity index (χ0v) is 14.4. The van der Waals surface area contributed by atoms with Gasteiger partial charge < -0.3 is 15.8 Å². The van der Waals surface area contributed by atoms with E-state index in [-0.39, 0.29) is 30.5 Å². The van der Waals surface area contributed by atoms with E-state index in [4.69, 9.17) is 10.5 Å². The average molecular weight is 411 g/mol. The van der Waals surface area contributed by atoms with Gasteiger partial charge in [0.15, 0.2) is 6.61 Å². The van der Waals surface area contributed by atoms with Gasteiger partial charge in [-0.2, -0.15) is 0 Å². The highest BCUT2D eigenvalue weighted by Gasteiger charge is 2.41. The SMILES string of the molecule is CC(CN)(NC(=O)COc1ccc(I)cc1)C1CC1.Cl. The van der Waals surface area contributed by atoms with Crippen molar-refractivity contribution in [2.45, 2.75) is 25.3 Å². The maximum Gasteiger partial charge on any atom is 0.258 e. The number of amides is 1. The predicted molar refractivity (Wildman–Crippen MR) is 90.2 cm³/mol. The molecule has 1 unspecified atom stereocenters. The smallest absolute Gasteiger partial charge is 0.258 e. The normalized spacial score (nSPS) is 16.8. The summed E-state index contributed by atoms with van der Waals surface area (Å²) >= 11 is 2.23. The largest absolute Gasteiger partial charge is 0.484 e. The van der Waals surface area contributed by atoms with E-state index in [1.807, 2.05) is 31.2 Å². The summed E-state index contributed by atoms with van der Waals surface area (Å²) in [4.78, 5) is 11.9. The molecule has 4 nitrogen and oxygen atoms in total. The van der Waals surface area contributed by atoms with E-state index in [0.29, 0.717) is 18.2 Å². The Hall–Kier alpha value is -0.530. The number of nitrogens with one attached hydrogen (secondary N) is 1. The van der Waals surface area contributed by atoms with Crippen molar-refractivity contribution in [3.8, 4) is 5.75 Å². The van der Waals surface area contributed by atoms with Crippen LogP contribution in [0.25, 0.3) is 0 Å². The molecule has 20 heavy (non-hydrogen) atoms. The molecular formula is C14H20ClIN2O2. The number of rotatable bonds is 6. The second-order valence-electron chi connectivity index (χ2n) is 5.19. The molecule has 1 aromatic rings. The summed E-state index contributed by atoms with van der Waals surface area (Å²) in [6.45, 7) is 2.50. The first-order chi connectivity index (χ1) is 9.03. The molecule has 0 saturated heterocycles. The van der Waals surface area contributed by atoms with Crippen LogP contribution in [-0.2, 0) is 4.79 Å². The van der Waals surface area contributed by atoms with Gasteiger partial charge in [0.25, 0.3) is 5.91 Å². The van der Waals surface area contributed by atoms with E-state index >= 15 is 0 Å². The van der Waals surface area contributed by atoms with Crippen molar-refractivity contribution in [3.63, 3.8) is 0 Å². The number of carbonyl (C=O) groups is 1. The molecule has 1 aliphatic carbocycles. The molecule has 0 aliphatic heterocycles. The first-order valence-corrected chi connectivity index (χ1v) is 7.51. The minimum atomic E-state index is -0.285. The van der Waals surface area contributed by atoms with Crippen LogP contribution < -0.4 is 15.8 Å². The highest BCUT2D eigenvalue weighted by atomic mass is 127. The monoisotopic (exact) mass is 410 g/mol. The molecule has 3 N–H and O–H groups in total. The minimum absolute atomic E-state index is 0. The summed E-state index contributed by atoms with van der Waals surface area (Å²) in [7, 11) is 0. The molecule has 0 bridgehead atoms. The van der Waals surface area contributed by atoms with Crippen LogP contribution in [-0.4, -0.2) is 24.6 Å². The molecule has 1 fully saturated rings. The molecule has 112 valence electrons. The van der Waals surface area contributed by atoms with Gasteiger partial charge in [-0.15, -0.1) is 12.4 Å². The molecule has 1 aliphatic rings. The van der Waals surface area contributed by atoms with Crippen molar-refractivity contribution in [1.29, 1.82) is 0 Å². The Morgan fingerprint density at radius 3 is 2.55 bits per heavy atom. The first-order valence-electron chi connectivity index (χ1n) is 6.43. The van der Waals surface area contributed by atoms with Crippen LogP contribution in [0.4, 0.5) is 0 Å². The summed E-state index contributed by atoms with van der Waals surface area (Å²) in [6.07, 6.45) is 2.29. The lowest BCUT2D eigenvalue weighted by Crippen LogP contribution is -2.54. The Balaban J connectivity index is 0.00000200. The van der Waals surface area contributed by atoms with Gasteiger partial charge in [-0.25, -0.2) is 0 Å². The number of ether oxygens (including phenoxy) is 1. The summed E-state index contributed by atoms with van der Waals surface area (Å²) in [5.41, 5.74) is 5.48. The summed E-state index contributed by atoms with van der Waals surface area (Å²) < 4.78 is 6.59. The zero-order valence-electron chi connectivity index (χ0n) is 11.4. The van der Waals surface area contributed by atoms with Gasteiger partial charge in [0, 0.05) is 10.1 Å². The Morgan fingerprint density at radius 2 is 2.05 bits per heavy atom. The molecule has 0 radical (unpaired) electrons. The fourth-order valence-corrected chi connectivity index (χ4v) is 2.43. The second kappa shape index (κ2) is 7.47. The highest BCUT2D eigenvalue weighted by molar-refractivity contribution is 14.1. The van der Waals surface area contributed by atoms with Crippen molar-refractivity contribution >= 4 is 40.9 Å². The molecular weight excluding hydrogens is 391 g/mol. The highest BCUT2D eigenvalue weighted by Crippen LogP contribution is 2.38. The molecule has 6 heteroatoms. The number of hydrogen-bond donors (Lipinski definition) is 2. The quantitative estimate of drug-likeness (QED) is 0.708. The first kappa shape index (κ1) is 17.5. The lowest BCUT2D eigenvalue weighted by Gasteiger charge is -2.29. The van der Waals surface area contributed by atoms with E-state index in [2.05, 4.69) is 27.9 Å². The Bertz CT molecular complexity index is 451. The molecule has 1 amide bonds. The zero-order chi connectivity index (χ0) is 13.9. The molecule has 0 heterocycles. The minimum Gasteiger partial charge on any atom is -0.484 e. The Morgan fingerprint density at radius 1 is 1.45 bits per heavy atom. The van der Waals surface area contributed by atoms with Gasteiger partial charge in [-0.05, 0) is 72.5 Å². The average Bonchev–Trinajstić information content (AvgIpc) is 3.22. The third-order valence-electron chi connectivity index (χ3n) is 3.51. The van der Waals surface area contributed by atoms with Crippen LogP contribution >= 0.6 is 35.0 Å². The van der Waals surface area contributed by atoms with E-state index in [0.717, 1.165) is 16.4 Å². The van der Waals surface area contributed by atoms with Crippen LogP contribution in [0.5, 0.6) is 5.75 Å². The lowest BCUT2D eigenvalue weighted by atomic mass is 9.96. The van der Waals surface area contributed by atoms with Crippen LogP contribution in [0.1, 0.15) is 19.8 Å². The predicted octanol–water partition coefficient (Wildman–Crippen LogP) is 2.34. The van der Waals surface area contributed by atoms with Gasteiger partial charge >= 0.3 is 0 Å². The molecule has 0 aromatic heterocycles. The maximum atomic E-state index is 11.9. The Kier molecular flexibility index (Phi) is 6.54. The number of halogens is 2. The second-order valence-corrected chi connectivity index (χ2v) is 6.43. The van der Waals surface area contributed by atoms with Gasteiger partial charge in [-0.1, -0.05) is 0 Å². The molecule has 1 aromatic carbocycles. The van der Waals surface area contributed by atoms with Gasteiger partial charge in [0.1, 0.15) is 5.75 Å². The molecule has 0 spiro atoms. The maximum absolute atomic E-state index is 11.9. The molecule has 1 atom stereocenters. The van der Waals surface area contributed by atoms with E-state index in [1.54, 1.807) is 0 Å². The molecule has 1 saturated carbocycles.